The van der Waals surface area contributed by atoms with E-state index in [-0.39, 0.29) is 0 Å². The van der Waals surface area contributed by atoms with Gasteiger partial charge in [0.2, 0.25) is 0 Å². The van der Waals surface area contributed by atoms with Gasteiger partial charge in [0.05, 0.1) is 0 Å². The fourth-order valence-electron chi connectivity index (χ4n) is 1.75. The summed E-state index contributed by atoms with van der Waals surface area (Å²) in [5, 5.41) is 7.86. The van der Waals surface area contributed by atoms with E-state index in [1.54, 1.807) is 0 Å². The van der Waals surface area contributed by atoms with Crippen LogP contribution in [0, 0.1) is 5.92 Å². The number of rotatable bonds is 7. The maximum Gasteiger partial charge on any atom is 0.00716 e. The summed E-state index contributed by atoms with van der Waals surface area (Å²) >= 11 is 2.15. The molecule has 90 valence electrons. The highest BCUT2D eigenvalue weighted by Gasteiger charge is 2.12. The number of piperidine rings is 1. The predicted molar refractivity (Wildman–Crippen MR) is 70.7 cm³/mol. The van der Waals surface area contributed by atoms with Crippen LogP contribution in [0.4, 0.5) is 0 Å². The van der Waals surface area contributed by atoms with Gasteiger partial charge in [0.15, 0.2) is 0 Å². The van der Waals surface area contributed by atoms with Crippen LogP contribution >= 0.6 is 11.8 Å². The van der Waals surface area contributed by atoms with E-state index in [0.29, 0.717) is 0 Å². The Kier molecular flexibility index (Phi) is 7.49. The third kappa shape index (κ3) is 6.44. The van der Waals surface area contributed by atoms with E-state index in [2.05, 4.69) is 36.2 Å². The third-order valence-corrected chi connectivity index (χ3v) is 4.49. The second-order valence-corrected chi connectivity index (χ2v) is 5.95. The molecule has 0 aliphatic carbocycles. The van der Waals surface area contributed by atoms with Gasteiger partial charge in [-0.2, -0.15) is 11.8 Å². The molecule has 2 N–H and O–H groups in total. The lowest BCUT2D eigenvalue weighted by atomic mass is 10.1. The van der Waals surface area contributed by atoms with Gasteiger partial charge in [-0.05, 0) is 38.4 Å². The average Bonchev–Trinajstić information content (AvgIpc) is 2.29. The van der Waals surface area contributed by atoms with Crippen LogP contribution < -0.4 is 10.6 Å². The molecule has 15 heavy (non-hydrogen) atoms. The zero-order chi connectivity index (χ0) is 10.9. The molecule has 1 atom stereocenters. The van der Waals surface area contributed by atoms with E-state index in [1.165, 1.54) is 51.2 Å². The number of hydrogen-bond acceptors (Lipinski definition) is 3. The van der Waals surface area contributed by atoms with Gasteiger partial charge in [-0.1, -0.05) is 20.3 Å². The van der Waals surface area contributed by atoms with E-state index < -0.39 is 0 Å². The van der Waals surface area contributed by atoms with E-state index in [1.807, 2.05) is 0 Å². The minimum Gasteiger partial charge on any atom is -0.317 e. The third-order valence-electron chi connectivity index (χ3n) is 3.11. The molecular weight excluding hydrogens is 204 g/mol. The van der Waals surface area contributed by atoms with Crippen molar-refractivity contribution >= 4 is 11.8 Å². The molecule has 0 radical (unpaired) electrons. The maximum atomic E-state index is 3.54. The topological polar surface area (TPSA) is 24.1 Å². The van der Waals surface area contributed by atoms with E-state index in [0.717, 1.165) is 11.2 Å². The summed E-state index contributed by atoms with van der Waals surface area (Å²) in [6.07, 6.45) is 4.00. The largest absolute Gasteiger partial charge is 0.317 e. The molecule has 1 aliphatic rings. The SMILES string of the molecule is CCC(C)CNCCSC1CCNCC1. The van der Waals surface area contributed by atoms with Crippen molar-refractivity contribution in [3.05, 3.63) is 0 Å². The van der Waals surface area contributed by atoms with Gasteiger partial charge < -0.3 is 10.6 Å². The zero-order valence-corrected chi connectivity index (χ0v) is 11.0. The fourth-order valence-corrected chi connectivity index (χ4v) is 2.92. The Morgan fingerprint density at radius 3 is 2.80 bits per heavy atom. The molecule has 1 aliphatic heterocycles. The summed E-state index contributed by atoms with van der Waals surface area (Å²) in [5.41, 5.74) is 0. The minimum absolute atomic E-state index is 0.828. The van der Waals surface area contributed by atoms with Gasteiger partial charge in [-0.15, -0.1) is 0 Å². The standard InChI is InChI=1S/C12H26N2S/c1-3-11(2)10-14-8-9-15-12-4-6-13-7-5-12/h11-14H,3-10H2,1-2H3. The van der Waals surface area contributed by atoms with Crippen molar-refractivity contribution in [2.75, 3.05) is 31.9 Å². The van der Waals surface area contributed by atoms with Crippen LogP contribution in [0.25, 0.3) is 0 Å². The summed E-state index contributed by atoms with van der Waals surface area (Å²) in [4.78, 5) is 0. The van der Waals surface area contributed by atoms with E-state index in [4.69, 9.17) is 0 Å². The predicted octanol–water partition coefficient (Wildman–Crippen LogP) is 2.11. The van der Waals surface area contributed by atoms with Crippen LogP contribution in [0.5, 0.6) is 0 Å². The Morgan fingerprint density at radius 2 is 2.13 bits per heavy atom. The first-order valence-electron chi connectivity index (χ1n) is 6.36. The first-order chi connectivity index (χ1) is 7.33. The van der Waals surface area contributed by atoms with Crippen molar-refractivity contribution in [2.45, 2.75) is 38.4 Å². The first-order valence-corrected chi connectivity index (χ1v) is 7.40. The second kappa shape index (κ2) is 8.43. The molecule has 0 saturated carbocycles. The van der Waals surface area contributed by atoms with Crippen LogP contribution in [-0.4, -0.2) is 37.2 Å². The molecule has 1 fully saturated rings. The number of nitrogens with one attached hydrogen (secondary N) is 2. The first kappa shape index (κ1) is 13.3. The van der Waals surface area contributed by atoms with Gasteiger partial charge in [0.25, 0.3) is 0 Å². The van der Waals surface area contributed by atoms with Gasteiger partial charge in [-0.3, -0.25) is 0 Å². The molecule has 0 aromatic heterocycles. The van der Waals surface area contributed by atoms with Crippen molar-refractivity contribution in [3.8, 4) is 0 Å². The van der Waals surface area contributed by atoms with Crippen LogP contribution in [0.1, 0.15) is 33.1 Å². The Bertz CT molecular complexity index is 147. The quantitative estimate of drug-likeness (QED) is 0.655. The molecule has 0 aromatic rings. The van der Waals surface area contributed by atoms with Crippen molar-refractivity contribution < 1.29 is 0 Å². The summed E-state index contributed by atoms with van der Waals surface area (Å²) in [6.45, 7) is 9.38. The normalized spacial score (nSPS) is 20.4. The van der Waals surface area contributed by atoms with Crippen molar-refractivity contribution in [1.82, 2.24) is 10.6 Å². The zero-order valence-electron chi connectivity index (χ0n) is 10.2. The lowest BCUT2D eigenvalue weighted by Gasteiger charge is -2.22. The molecule has 0 aromatic carbocycles. The molecule has 2 nitrogen and oxygen atoms in total. The molecular formula is C12H26N2S. The Balaban J connectivity index is 1.87. The van der Waals surface area contributed by atoms with Crippen LogP contribution in [-0.2, 0) is 0 Å². The smallest absolute Gasteiger partial charge is 0.00716 e. The number of hydrogen-bond donors (Lipinski definition) is 2. The Hall–Kier alpha value is 0.270. The van der Waals surface area contributed by atoms with Gasteiger partial charge in [-0.25, -0.2) is 0 Å². The summed E-state index contributed by atoms with van der Waals surface area (Å²) in [5.74, 6) is 2.11. The monoisotopic (exact) mass is 230 g/mol. The second-order valence-electron chi connectivity index (χ2n) is 4.54. The van der Waals surface area contributed by atoms with Gasteiger partial charge >= 0.3 is 0 Å². The highest BCUT2D eigenvalue weighted by atomic mass is 32.2. The maximum absolute atomic E-state index is 3.54. The summed E-state index contributed by atoms with van der Waals surface area (Å²) < 4.78 is 0. The molecule has 1 unspecified atom stereocenters. The average molecular weight is 230 g/mol. The molecule has 3 heteroatoms. The minimum atomic E-state index is 0.828. The van der Waals surface area contributed by atoms with E-state index in [9.17, 15) is 0 Å². The summed E-state index contributed by atoms with van der Waals surface area (Å²) in [7, 11) is 0. The molecule has 1 rings (SSSR count). The van der Waals surface area contributed by atoms with Crippen molar-refractivity contribution in [1.29, 1.82) is 0 Å². The molecule has 1 heterocycles. The fraction of sp³-hybridized carbons (Fsp3) is 1.00. The van der Waals surface area contributed by atoms with Gasteiger partial charge in [0, 0.05) is 17.5 Å². The van der Waals surface area contributed by atoms with E-state index >= 15 is 0 Å². The molecule has 0 spiro atoms. The Morgan fingerprint density at radius 1 is 1.40 bits per heavy atom. The van der Waals surface area contributed by atoms with Crippen LogP contribution in [0.15, 0.2) is 0 Å². The lowest BCUT2D eigenvalue weighted by Crippen LogP contribution is -2.30. The van der Waals surface area contributed by atoms with Gasteiger partial charge in [0.1, 0.15) is 0 Å². The Labute approximate surface area is 99.0 Å². The molecule has 0 amide bonds. The van der Waals surface area contributed by atoms with Crippen LogP contribution in [0.3, 0.4) is 0 Å². The summed E-state index contributed by atoms with van der Waals surface area (Å²) in [6, 6.07) is 0. The lowest BCUT2D eigenvalue weighted by molar-refractivity contribution is 0.509. The highest BCUT2D eigenvalue weighted by Crippen LogP contribution is 2.19. The van der Waals surface area contributed by atoms with Crippen molar-refractivity contribution in [3.63, 3.8) is 0 Å². The number of thioether (sulfide) groups is 1. The molecule has 1 saturated heterocycles. The van der Waals surface area contributed by atoms with Crippen molar-refractivity contribution in [2.24, 2.45) is 5.92 Å². The highest BCUT2D eigenvalue weighted by molar-refractivity contribution is 7.99. The van der Waals surface area contributed by atoms with Crippen LogP contribution in [0.2, 0.25) is 0 Å². The molecule has 0 bridgehead atoms.